The Morgan fingerprint density at radius 2 is 1.76 bits per heavy atom. The number of halogens is 8. The van der Waals surface area contributed by atoms with Crippen molar-refractivity contribution in [2.45, 2.75) is 37.7 Å². The number of hydrazine groups is 1. The zero-order valence-electron chi connectivity index (χ0n) is 16.9. The normalized spacial score (nSPS) is 19.3. The number of rotatable bonds is 5. The highest BCUT2D eigenvalue weighted by molar-refractivity contribution is 6.15. The summed E-state index contributed by atoms with van der Waals surface area (Å²) in [7, 11) is 1.39. The van der Waals surface area contributed by atoms with E-state index in [-0.39, 0.29) is 12.4 Å². The van der Waals surface area contributed by atoms with Crippen LogP contribution >= 0.6 is 0 Å². The fourth-order valence-corrected chi connectivity index (χ4v) is 3.47. The van der Waals surface area contributed by atoms with Gasteiger partial charge in [0, 0.05) is 12.5 Å². The Morgan fingerprint density at radius 1 is 1.06 bits per heavy atom. The minimum absolute atomic E-state index is 0.0339. The highest BCUT2D eigenvalue weighted by Gasteiger charge is 2.75. The van der Waals surface area contributed by atoms with Crippen LogP contribution in [0.5, 0.6) is 0 Å². The van der Waals surface area contributed by atoms with E-state index in [1.165, 1.54) is 36.4 Å². The molecule has 3 heterocycles. The Labute approximate surface area is 180 Å². The van der Waals surface area contributed by atoms with Gasteiger partial charge in [-0.25, -0.2) is 14.4 Å². The molecule has 1 aromatic carbocycles. The molecule has 0 aliphatic carbocycles. The molecule has 1 atom stereocenters. The molecule has 1 aromatic heterocycles. The second kappa shape index (κ2) is 7.43. The Hall–Kier alpha value is -3.16. The lowest BCUT2D eigenvalue weighted by atomic mass is 10.1. The first-order valence-electron chi connectivity index (χ1n) is 9.34. The summed E-state index contributed by atoms with van der Waals surface area (Å²) in [5, 5.41) is 1.99. The molecule has 2 aromatic rings. The lowest BCUT2D eigenvalue weighted by Gasteiger charge is -2.34. The van der Waals surface area contributed by atoms with Gasteiger partial charge in [0.15, 0.2) is 5.84 Å². The quantitative estimate of drug-likeness (QED) is 0.634. The third-order valence-corrected chi connectivity index (χ3v) is 5.10. The van der Waals surface area contributed by atoms with Crippen LogP contribution in [0.25, 0.3) is 10.9 Å². The number of nitrogens with zero attached hydrogens (tertiary/aromatic N) is 4. The van der Waals surface area contributed by atoms with Gasteiger partial charge in [-0.05, 0) is 37.3 Å². The van der Waals surface area contributed by atoms with Crippen LogP contribution in [-0.2, 0) is 11.5 Å². The molecule has 1 unspecified atom stereocenters. The molecule has 14 heteroatoms. The van der Waals surface area contributed by atoms with Crippen LogP contribution in [-0.4, -0.2) is 47.4 Å². The summed E-state index contributed by atoms with van der Waals surface area (Å²) in [5.41, 5.74) is 2.75. The van der Waals surface area contributed by atoms with Gasteiger partial charge in [-0.1, -0.05) is 0 Å². The summed E-state index contributed by atoms with van der Waals surface area (Å²) in [6.07, 6.45) is -5.25. The van der Waals surface area contributed by atoms with Crippen LogP contribution in [0.1, 0.15) is 6.92 Å². The average molecular weight is 481 g/mol. The topological polar surface area (TPSA) is 54.1 Å². The van der Waals surface area contributed by atoms with Gasteiger partial charge in [-0.3, -0.25) is 10.4 Å². The number of anilines is 1. The van der Waals surface area contributed by atoms with E-state index in [2.05, 4.69) is 15.4 Å². The lowest BCUT2D eigenvalue weighted by molar-refractivity contribution is -0.336. The van der Waals surface area contributed by atoms with Gasteiger partial charge in [-0.15, -0.1) is 0 Å². The Kier molecular flexibility index (Phi) is 5.18. The summed E-state index contributed by atoms with van der Waals surface area (Å²) < 4.78 is 113. The van der Waals surface area contributed by atoms with Crippen LogP contribution in [0, 0.1) is 5.82 Å². The molecule has 0 fully saturated rings. The van der Waals surface area contributed by atoms with Gasteiger partial charge in [-0.2, -0.15) is 30.7 Å². The maximum Gasteiger partial charge on any atom is 0.460 e. The van der Waals surface area contributed by atoms with Crippen molar-refractivity contribution in [1.82, 2.24) is 9.99 Å². The van der Waals surface area contributed by atoms with Crippen molar-refractivity contribution in [3.8, 4) is 0 Å². The maximum absolute atomic E-state index is 14.1. The predicted molar refractivity (Wildman–Crippen MR) is 103 cm³/mol. The zero-order valence-corrected chi connectivity index (χ0v) is 16.9. The monoisotopic (exact) mass is 481 g/mol. The standard InChI is InChI=1S/C19H15F8N5O/c1-9-5-12-15(29-16(28-12)17(21,22)18(23,24)19(25,26)27)30-32(9)14-6-10-3-4-11(20)7-13(10)31(14)8-33-2/h3-7,9H,8H2,1-2H3,(H,28,29,30). The molecule has 4 rings (SSSR count). The van der Waals surface area contributed by atoms with E-state index in [9.17, 15) is 35.1 Å². The second-order valence-corrected chi connectivity index (χ2v) is 7.37. The van der Waals surface area contributed by atoms with Crippen molar-refractivity contribution in [3.63, 3.8) is 0 Å². The predicted octanol–water partition coefficient (Wildman–Crippen LogP) is 4.62. The molecule has 0 radical (unpaired) electrons. The summed E-state index contributed by atoms with van der Waals surface area (Å²) in [5.74, 6) is -14.6. The Bertz CT molecular complexity index is 1200. The molecule has 0 saturated heterocycles. The number of amidine groups is 2. The van der Waals surface area contributed by atoms with Crippen LogP contribution in [0.15, 0.2) is 46.0 Å². The molecular weight excluding hydrogens is 466 g/mol. The van der Waals surface area contributed by atoms with Crippen LogP contribution in [0.3, 0.4) is 0 Å². The molecule has 33 heavy (non-hydrogen) atoms. The number of benzene rings is 1. The minimum atomic E-state index is -6.51. The van der Waals surface area contributed by atoms with Crippen LogP contribution in [0.4, 0.5) is 40.9 Å². The summed E-state index contributed by atoms with van der Waals surface area (Å²) in [4.78, 5) is 6.46. The van der Waals surface area contributed by atoms with Crippen molar-refractivity contribution in [2.75, 3.05) is 12.1 Å². The smallest absolute Gasteiger partial charge is 0.364 e. The minimum Gasteiger partial charge on any atom is -0.364 e. The Balaban J connectivity index is 1.72. The van der Waals surface area contributed by atoms with E-state index in [0.717, 1.165) is 0 Å². The molecule has 0 amide bonds. The zero-order chi connectivity index (χ0) is 24.3. The fraction of sp³-hybridized carbons (Fsp3) is 0.368. The molecule has 2 aliphatic rings. The van der Waals surface area contributed by atoms with E-state index >= 15 is 0 Å². The first kappa shape index (κ1) is 23.0. The van der Waals surface area contributed by atoms with Gasteiger partial charge in [0.2, 0.25) is 5.84 Å². The summed E-state index contributed by atoms with van der Waals surface area (Å²) in [6.45, 7) is 1.55. The largest absolute Gasteiger partial charge is 0.460 e. The molecule has 0 spiro atoms. The number of fused-ring (bicyclic) bond motifs is 2. The second-order valence-electron chi connectivity index (χ2n) is 7.37. The highest BCUT2D eigenvalue weighted by Crippen LogP contribution is 2.48. The molecule has 178 valence electrons. The number of aromatic nitrogens is 1. The van der Waals surface area contributed by atoms with Crippen LogP contribution in [0.2, 0.25) is 0 Å². The highest BCUT2D eigenvalue weighted by atomic mass is 19.4. The summed E-state index contributed by atoms with van der Waals surface area (Å²) in [6, 6.07) is 4.97. The van der Waals surface area contributed by atoms with Gasteiger partial charge >= 0.3 is 18.0 Å². The van der Waals surface area contributed by atoms with Crippen LogP contribution < -0.4 is 10.4 Å². The number of methoxy groups -OCH3 is 1. The van der Waals surface area contributed by atoms with Gasteiger partial charge in [0.25, 0.3) is 0 Å². The van der Waals surface area contributed by atoms with Crippen molar-refractivity contribution < 1.29 is 39.9 Å². The van der Waals surface area contributed by atoms with E-state index in [1.54, 1.807) is 17.6 Å². The van der Waals surface area contributed by atoms with Gasteiger partial charge in [0.1, 0.15) is 24.1 Å². The summed E-state index contributed by atoms with van der Waals surface area (Å²) >= 11 is 0. The molecule has 1 N–H and O–H groups in total. The molecular formula is C19H15F8N5O. The van der Waals surface area contributed by atoms with Crippen molar-refractivity contribution >= 4 is 28.4 Å². The van der Waals surface area contributed by atoms with Crippen molar-refractivity contribution in [3.05, 3.63) is 41.9 Å². The maximum atomic E-state index is 14.1. The van der Waals surface area contributed by atoms with E-state index < -0.39 is 41.6 Å². The molecule has 0 saturated carbocycles. The number of nitrogens with one attached hydrogen (secondary N) is 1. The molecule has 6 nitrogen and oxygen atoms in total. The van der Waals surface area contributed by atoms with Gasteiger partial charge < -0.3 is 9.30 Å². The number of alkyl halides is 7. The molecule has 2 aliphatic heterocycles. The van der Waals surface area contributed by atoms with E-state index in [4.69, 9.17) is 4.74 Å². The lowest BCUT2D eigenvalue weighted by Crippen LogP contribution is -2.55. The van der Waals surface area contributed by atoms with Crippen molar-refractivity contribution in [2.24, 2.45) is 9.98 Å². The van der Waals surface area contributed by atoms with E-state index in [1.807, 2.05) is 0 Å². The number of hydrogen-bond donors (Lipinski definition) is 1. The van der Waals surface area contributed by atoms with Gasteiger partial charge in [0.05, 0.1) is 11.6 Å². The third-order valence-electron chi connectivity index (χ3n) is 5.10. The first-order valence-corrected chi connectivity index (χ1v) is 9.34. The Morgan fingerprint density at radius 3 is 2.39 bits per heavy atom. The number of aliphatic imine (C=N–C) groups is 2. The SMILES string of the molecule is COCn1c(N2NC3=NC(C(F)(F)C(F)(F)C(F)(F)F)=NC3=CC2C)cc2ccc(F)cc21. The average Bonchev–Trinajstić information content (AvgIpc) is 3.28. The third kappa shape index (κ3) is 3.52. The fourth-order valence-electron chi connectivity index (χ4n) is 3.47. The number of ether oxygens (including phenoxy) is 1. The van der Waals surface area contributed by atoms with E-state index in [0.29, 0.717) is 16.7 Å². The number of hydrogen-bond acceptors (Lipinski definition) is 5. The molecule has 0 bridgehead atoms. The van der Waals surface area contributed by atoms with Crippen molar-refractivity contribution in [1.29, 1.82) is 0 Å². The first-order chi connectivity index (χ1) is 15.3.